The van der Waals surface area contributed by atoms with Crippen LogP contribution in [-0.4, -0.2) is 41.2 Å². The minimum absolute atomic E-state index is 0.107. The van der Waals surface area contributed by atoms with E-state index >= 15 is 0 Å². The standard InChI is InChI=1S/C24H26ClN7OS/c1-15-17(25)7-6-8-18(15)32-22(16-9-11-26-12-10-16)28-29-23(32)34-14-21(33)27-20-13-19(24(2,3)4)30-31(20)5/h6-13H,14H2,1-5H3,(H,27,33). The Kier molecular flexibility index (Phi) is 6.77. The number of carbonyl (C=O) groups is 1. The summed E-state index contributed by atoms with van der Waals surface area (Å²) in [5.41, 5.74) is 3.42. The molecule has 0 unspecified atom stereocenters. The van der Waals surface area contributed by atoms with E-state index in [-0.39, 0.29) is 17.1 Å². The Hall–Kier alpha value is -3.17. The fourth-order valence-electron chi connectivity index (χ4n) is 3.37. The average molecular weight is 496 g/mol. The summed E-state index contributed by atoms with van der Waals surface area (Å²) in [5, 5.41) is 17.5. The monoisotopic (exact) mass is 495 g/mol. The van der Waals surface area contributed by atoms with Gasteiger partial charge in [-0.05, 0) is 36.8 Å². The van der Waals surface area contributed by atoms with Gasteiger partial charge in [0.25, 0.3) is 0 Å². The molecule has 1 aromatic carbocycles. The summed E-state index contributed by atoms with van der Waals surface area (Å²) in [6, 6.07) is 11.3. The molecule has 4 rings (SSSR count). The van der Waals surface area contributed by atoms with Crippen LogP contribution >= 0.6 is 23.4 Å². The maximum atomic E-state index is 12.8. The SMILES string of the molecule is Cc1c(Cl)cccc1-n1c(SCC(=O)Nc2cc(C(C)(C)C)nn2C)nnc1-c1ccncc1. The van der Waals surface area contributed by atoms with Gasteiger partial charge in [-0.2, -0.15) is 5.10 Å². The largest absolute Gasteiger partial charge is 0.310 e. The highest BCUT2D eigenvalue weighted by atomic mass is 35.5. The van der Waals surface area contributed by atoms with Crippen LogP contribution in [0.2, 0.25) is 5.02 Å². The van der Waals surface area contributed by atoms with Crippen molar-refractivity contribution in [1.29, 1.82) is 0 Å². The number of nitrogens with one attached hydrogen (secondary N) is 1. The molecule has 1 amide bonds. The van der Waals surface area contributed by atoms with E-state index < -0.39 is 0 Å². The third kappa shape index (κ3) is 5.00. The topological polar surface area (TPSA) is 90.5 Å². The first kappa shape index (κ1) is 24.0. The number of anilines is 1. The van der Waals surface area contributed by atoms with Crippen LogP contribution in [0.3, 0.4) is 0 Å². The molecule has 0 radical (unpaired) electrons. The molecule has 8 nitrogen and oxygen atoms in total. The number of pyridine rings is 1. The van der Waals surface area contributed by atoms with Gasteiger partial charge < -0.3 is 5.32 Å². The highest BCUT2D eigenvalue weighted by molar-refractivity contribution is 7.99. The Morgan fingerprint density at radius 2 is 1.88 bits per heavy atom. The minimum Gasteiger partial charge on any atom is -0.310 e. The second kappa shape index (κ2) is 9.60. The summed E-state index contributed by atoms with van der Waals surface area (Å²) in [7, 11) is 1.82. The second-order valence-electron chi connectivity index (χ2n) is 8.89. The van der Waals surface area contributed by atoms with Crippen LogP contribution in [0.4, 0.5) is 5.82 Å². The highest BCUT2D eigenvalue weighted by Crippen LogP contribution is 2.31. The quantitative estimate of drug-likeness (QED) is 0.376. The smallest absolute Gasteiger partial charge is 0.235 e. The highest BCUT2D eigenvalue weighted by Gasteiger charge is 2.21. The van der Waals surface area contributed by atoms with Crippen LogP contribution in [0, 0.1) is 6.92 Å². The average Bonchev–Trinajstić information content (AvgIpc) is 3.38. The fraction of sp³-hybridized carbons (Fsp3) is 0.292. The number of hydrogen-bond donors (Lipinski definition) is 1. The van der Waals surface area contributed by atoms with Gasteiger partial charge in [-0.3, -0.25) is 19.0 Å². The Morgan fingerprint density at radius 3 is 2.56 bits per heavy atom. The van der Waals surface area contributed by atoms with Crippen LogP contribution in [0.5, 0.6) is 0 Å². The molecular formula is C24H26ClN7OS. The molecule has 0 aliphatic carbocycles. The van der Waals surface area contributed by atoms with Crippen LogP contribution in [0.25, 0.3) is 17.1 Å². The normalized spacial score (nSPS) is 11.6. The van der Waals surface area contributed by atoms with Crippen molar-refractivity contribution in [1.82, 2.24) is 29.5 Å². The molecule has 3 heterocycles. The predicted molar refractivity (Wildman–Crippen MR) is 136 cm³/mol. The first-order valence-corrected chi connectivity index (χ1v) is 12.1. The summed E-state index contributed by atoms with van der Waals surface area (Å²) in [6.07, 6.45) is 3.42. The number of amides is 1. The van der Waals surface area contributed by atoms with E-state index in [4.69, 9.17) is 11.6 Å². The zero-order valence-electron chi connectivity index (χ0n) is 19.7. The number of thioether (sulfide) groups is 1. The van der Waals surface area contributed by atoms with E-state index in [1.807, 2.05) is 54.9 Å². The summed E-state index contributed by atoms with van der Waals surface area (Å²) < 4.78 is 3.61. The van der Waals surface area contributed by atoms with Crippen molar-refractivity contribution >= 4 is 35.1 Å². The number of nitrogens with zero attached hydrogens (tertiary/aromatic N) is 6. The molecule has 34 heavy (non-hydrogen) atoms. The van der Waals surface area contributed by atoms with Crippen molar-refractivity contribution in [3.63, 3.8) is 0 Å². The first-order chi connectivity index (χ1) is 16.1. The van der Waals surface area contributed by atoms with Gasteiger partial charge in [-0.25, -0.2) is 0 Å². The molecule has 0 fully saturated rings. The van der Waals surface area contributed by atoms with Crippen LogP contribution in [0.1, 0.15) is 32.0 Å². The lowest BCUT2D eigenvalue weighted by Crippen LogP contribution is -2.17. The molecule has 4 aromatic rings. The number of carbonyl (C=O) groups excluding carboxylic acids is 1. The lowest BCUT2D eigenvalue weighted by atomic mass is 9.92. The van der Waals surface area contributed by atoms with Crippen LogP contribution in [-0.2, 0) is 17.3 Å². The van der Waals surface area contributed by atoms with Crippen molar-refractivity contribution in [2.45, 2.75) is 38.3 Å². The maximum absolute atomic E-state index is 12.8. The zero-order valence-corrected chi connectivity index (χ0v) is 21.3. The van der Waals surface area contributed by atoms with Crippen molar-refractivity contribution in [2.75, 3.05) is 11.1 Å². The van der Waals surface area contributed by atoms with Crippen molar-refractivity contribution in [3.05, 3.63) is 65.1 Å². The number of aromatic nitrogens is 6. The van der Waals surface area contributed by atoms with Gasteiger partial charge in [0.2, 0.25) is 5.91 Å². The molecule has 0 saturated carbocycles. The van der Waals surface area contributed by atoms with Gasteiger partial charge in [0.15, 0.2) is 11.0 Å². The molecule has 176 valence electrons. The van der Waals surface area contributed by atoms with Crippen molar-refractivity contribution < 1.29 is 4.79 Å². The lowest BCUT2D eigenvalue weighted by Gasteiger charge is -2.14. The van der Waals surface area contributed by atoms with Gasteiger partial charge in [0.1, 0.15) is 5.82 Å². The molecule has 1 N–H and O–H groups in total. The van der Waals surface area contributed by atoms with Gasteiger partial charge in [0.05, 0.1) is 17.1 Å². The molecule has 3 aromatic heterocycles. The Bertz CT molecular complexity index is 1330. The van der Waals surface area contributed by atoms with Crippen LogP contribution < -0.4 is 5.32 Å². The number of benzene rings is 1. The van der Waals surface area contributed by atoms with Crippen LogP contribution in [0.15, 0.2) is 53.9 Å². The number of hydrogen-bond acceptors (Lipinski definition) is 6. The summed E-state index contributed by atoms with van der Waals surface area (Å²) in [4.78, 5) is 16.9. The maximum Gasteiger partial charge on any atom is 0.235 e. The summed E-state index contributed by atoms with van der Waals surface area (Å²) >= 11 is 7.71. The molecule has 0 spiro atoms. The molecule has 0 aliphatic rings. The van der Waals surface area contributed by atoms with E-state index in [2.05, 4.69) is 46.4 Å². The predicted octanol–water partition coefficient (Wildman–Crippen LogP) is 5.05. The lowest BCUT2D eigenvalue weighted by molar-refractivity contribution is -0.113. The third-order valence-corrected chi connectivity index (χ3v) is 6.64. The van der Waals surface area contributed by atoms with Gasteiger partial charge in [0, 0.05) is 41.5 Å². The van der Waals surface area contributed by atoms with E-state index in [1.54, 1.807) is 17.1 Å². The first-order valence-electron chi connectivity index (χ1n) is 10.7. The van der Waals surface area contributed by atoms with Crippen molar-refractivity contribution in [2.24, 2.45) is 7.05 Å². The Morgan fingerprint density at radius 1 is 1.15 bits per heavy atom. The Labute approximate surface area is 207 Å². The number of aryl methyl sites for hydroxylation is 1. The van der Waals surface area contributed by atoms with E-state index in [9.17, 15) is 4.79 Å². The van der Waals surface area contributed by atoms with Gasteiger partial charge >= 0.3 is 0 Å². The Balaban J connectivity index is 1.60. The molecule has 0 atom stereocenters. The number of halogens is 1. The molecule has 0 saturated heterocycles. The molecular weight excluding hydrogens is 470 g/mol. The fourth-order valence-corrected chi connectivity index (χ4v) is 4.28. The summed E-state index contributed by atoms with van der Waals surface area (Å²) in [6.45, 7) is 8.20. The van der Waals surface area contributed by atoms with E-state index in [0.29, 0.717) is 21.8 Å². The zero-order chi connectivity index (χ0) is 24.5. The van der Waals surface area contributed by atoms with E-state index in [0.717, 1.165) is 22.5 Å². The molecule has 0 bridgehead atoms. The molecule has 0 aliphatic heterocycles. The van der Waals surface area contributed by atoms with E-state index in [1.165, 1.54) is 11.8 Å². The van der Waals surface area contributed by atoms with Crippen molar-refractivity contribution in [3.8, 4) is 17.1 Å². The summed E-state index contributed by atoms with van der Waals surface area (Å²) in [5.74, 6) is 1.30. The number of rotatable bonds is 6. The molecule has 10 heteroatoms. The second-order valence-corrected chi connectivity index (χ2v) is 10.2. The minimum atomic E-state index is -0.156. The van der Waals surface area contributed by atoms with Gasteiger partial charge in [-0.15, -0.1) is 10.2 Å². The third-order valence-electron chi connectivity index (χ3n) is 5.30. The van der Waals surface area contributed by atoms with Gasteiger partial charge in [-0.1, -0.05) is 50.2 Å².